The number of hydrogen-bond acceptors (Lipinski definition) is 6. The van der Waals surface area contributed by atoms with Gasteiger partial charge in [0.2, 0.25) is 0 Å². The third kappa shape index (κ3) is 47.2. The van der Waals surface area contributed by atoms with Crippen LogP contribution in [-0.2, 0) is 28.6 Å². The third-order valence-electron chi connectivity index (χ3n) is 10.1. The Bertz CT molecular complexity index is 1250. The minimum Gasteiger partial charge on any atom is -0.462 e. The monoisotopic (exact) mass is 847 g/mol. The Hall–Kier alpha value is -3.67. The lowest BCUT2D eigenvalue weighted by molar-refractivity contribution is -0.166. The Kier molecular flexibility index (Phi) is 46.0. The molecule has 0 fully saturated rings. The molecule has 0 aliphatic heterocycles. The van der Waals surface area contributed by atoms with Crippen LogP contribution >= 0.6 is 0 Å². The Balaban J connectivity index is 4.55. The number of rotatable bonds is 43. The molecule has 6 nitrogen and oxygen atoms in total. The van der Waals surface area contributed by atoms with Gasteiger partial charge in [0.25, 0.3) is 0 Å². The van der Waals surface area contributed by atoms with Crippen molar-refractivity contribution < 1.29 is 28.6 Å². The topological polar surface area (TPSA) is 78.9 Å². The number of hydrogen-bond donors (Lipinski definition) is 0. The maximum atomic E-state index is 12.7. The zero-order valence-corrected chi connectivity index (χ0v) is 39.4. The van der Waals surface area contributed by atoms with E-state index in [9.17, 15) is 14.4 Å². The molecule has 0 heterocycles. The summed E-state index contributed by atoms with van der Waals surface area (Å²) in [5, 5.41) is 0. The molecule has 0 N–H and O–H groups in total. The highest BCUT2D eigenvalue weighted by molar-refractivity contribution is 5.72. The zero-order chi connectivity index (χ0) is 44.4. The minimum atomic E-state index is -0.840. The first-order valence-electron chi connectivity index (χ1n) is 24.7. The molecule has 0 bridgehead atoms. The van der Waals surface area contributed by atoms with Gasteiger partial charge in [-0.3, -0.25) is 14.4 Å². The minimum absolute atomic E-state index is 0.0899. The summed E-state index contributed by atoms with van der Waals surface area (Å²) in [6, 6.07) is 0. The van der Waals surface area contributed by atoms with E-state index in [0.29, 0.717) is 19.3 Å². The van der Waals surface area contributed by atoms with Crippen LogP contribution in [0.15, 0.2) is 97.2 Å². The van der Waals surface area contributed by atoms with Crippen molar-refractivity contribution in [2.24, 2.45) is 0 Å². The highest BCUT2D eigenvalue weighted by atomic mass is 16.6. The standard InChI is InChI=1S/C55H90O6/c1-4-7-10-13-16-19-22-25-27-29-30-33-36-39-42-45-48-54(57)60-51-52(50-59-53(56)47-44-41-38-35-32-24-21-18-15-12-9-6-3)61-55(58)49-46-43-40-37-34-31-28-26-23-20-17-14-11-8-5-2/h8,11,17-22,26-29,34,37,43,46,52H,4-7,9-10,12-16,23-25,30-33,35-36,38-42,44-45,47-51H2,1-3H3/b11-8-,20-17-,21-18-,22-19-,28-26-,29-27-,37-34-,46-43-. The van der Waals surface area contributed by atoms with E-state index in [2.05, 4.69) is 106 Å². The van der Waals surface area contributed by atoms with Crippen molar-refractivity contribution >= 4 is 17.9 Å². The van der Waals surface area contributed by atoms with Crippen molar-refractivity contribution in [1.29, 1.82) is 0 Å². The zero-order valence-electron chi connectivity index (χ0n) is 39.4. The Morgan fingerprint density at radius 1 is 0.361 bits per heavy atom. The maximum Gasteiger partial charge on any atom is 0.310 e. The number of esters is 3. The van der Waals surface area contributed by atoms with Gasteiger partial charge in [0, 0.05) is 12.8 Å². The van der Waals surface area contributed by atoms with Gasteiger partial charge in [-0.2, -0.15) is 0 Å². The van der Waals surface area contributed by atoms with Crippen molar-refractivity contribution in [3.8, 4) is 0 Å². The molecule has 1 unspecified atom stereocenters. The molecule has 0 aliphatic rings. The van der Waals surface area contributed by atoms with Crippen LogP contribution in [0.2, 0.25) is 0 Å². The van der Waals surface area contributed by atoms with Crippen molar-refractivity contribution in [3.63, 3.8) is 0 Å². The van der Waals surface area contributed by atoms with Crippen LogP contribution < -0.4 is 0 Å². The SMILES string of the molecule is CC/C=C\C/C=C\C/C=C\C/C=C\C/C=C\CC(=O)OC(COC(=O)CCCCCCC/C=C\C/C=C\CCCCCC)COC(=O)CCCCCCC/C=C\CCCCC. The molecular weight excluding hydrogens is 757 g/mol. The van der Waals surface area contributed by atoms with Gasteiger partial charge in [-0.05, 0) is 103 Å². The van der Waals surface area contributed by atoms with E-state index in [1.165, 1.54) is 64.2 Å². The van der Waals surface area contributed by atoms with Gasteiger partial charge < -0.3 is 14.2 Å². The van der Waals surface area contributed by atoms with E-state index < -0.39 is 12.1 Å². The number of ether oxygens (including phenoxy) is 3. The predicted octanol–water partition coefficient (Wildman–Crippen LogP) is 16.2. The first kappa shape index (κ1) is 57.3. The number of carbonyl (C=O) groups is 3. The van der Waals surface area contributed by atoms with Gasteiger partial charge in [-0.15, -0.1) is 0 Å². The second kappa shape index (κ2) is 49.0. The smallest absolute Gasteiger partial charge is 0.310 e. The Labute approximate surface area is 375 Å². The molecule has 0 aromatic carbocycles. The molecule has 61 heavy (non-hydrogen) atoms. The fourth-order valence-electron chi connectivity index (χ4n) is 6.36. The highest BCUT2D eigenvalue weighted by Gasteiger charge is 2.19. The molecule has 0 radical (unpaired) electrons. The average Bonchev–Trinajstić information content (AvgIpc) is 3.26. The van der Waals surface area contributed by atoms with Crippen LogP contribution in [-0.4, -0.2) is 37.2 Å². The quantitative estimate of drug-likeness (QED) is 0.0263. The van der Waals surface area contributed by atoms with Crippen LogP contribution in [0, 0.1) is 0 Å². The summed E-state index contributed by atoms with van der Waals surface area (Å²) in [4.78, 5) is 37.8. The lowest BCUT2D eigenvalue weighted by Crippen LogP contribution is -2.30. The van der Waals surface area contributed by atoms with Crippen molar-refractivity contribution in [3.05, 3.63) is 97.2 Å². The van der Waals surface area contributed by atoms with Gasteiger partial charge in [-0.25, -0.2) is 0 Å². The molecule has 0 amide bonds. The van der Waals surface area contributed by atoms with Gasteiger partial charge >= 0.3 is 17.9 Å². The van der Waals surface area contributed by atoms with Crippen LogP contribution in [0.4, 0.5) is 0 Å². The second-order valence-corrected chi connectivity index (χ2v) is 16.0. The van der Waals surface area contributed by atoms with Gasteiger partial charge in [0.15, 0.2) is 6.10 Å². The van der Waals surface area contributed by atoms with Crippen LogP contribution in [0.3, 0.4) is 0 Å². The first-order valence-corrected chi connectivity index (χ1v) is 24.7. The molecule has 0 rings (SSSR count). The van der Waals surface area contributed by atoms with Crippen LogP contribution in [0.1, 0.15) is 213 Å². The summed E-state index contributed by atoms with van der Waals surface area (Å²) in [5.74, 6) is -1.09. The molecule has 0 saturated carbocycles. The van der Waals surface area contributed by atoms with Gasteiger partial charge in [0.05, 0.1) is 6.42 Å². The van der Waals surface area contributed by atoms with Crippen molar-refractivity contribution in [1.82, 2.24) is 0 Å². The van der Waals surface area contributed by atoms with E-state index in [4.69, 9.17) is 14.2 Å². The lowest BCUT2D eigenvalue weighted by atomic mass is 10.1. The van der Waals surface area contributed by atoms with Crippen molar-refractivity contribution in [2.75, 3.05) is 13.2 Å². The molecule has 0 aliphatic carbocycles. The van der Waals surface area contributed by atoms with E-state index in [1.54, 1.807) is 6.08 Å². The number of unbranched alkanes of at least 4 members (excludes halogenated alkanes) is 17. The number of allylic oxidation sites excluding steroid dienone is 15. The summed E-state index contributed by atoms with van der Waals surface area (Å²) < 4.78 is 16.6. The van der Waals surface area contributed by atoms with E-state index in [1.807, 2.05) is 6.08 Å². The van der Waals surface area contributed by atoms with E-state index >= 15 is 0 Å². The summed E-state index contributed by atoms with van der Waals surface area (Å²) in [5.41, 5.74) is 0. The molecular formula is C55H90O6. The molecule has 1 atom stereocenters. The van der Waals surface area contributed by atoms with Crippen LogP contribution in [0.25, 0.3) is 0 Å². The fourth-order valence-corrected chi connectivity index (χ4v) is 6.36. The molecule has 0 aromatic heterocycles. The maximum absolute atomic E-state index is 12.7. The summed E-state index contributed by atoms with van der Waals surface area (Å²) in [6.07, 6.45) is 64.1. The normalized spacial score (nSPS) is 12.9. The first-order chi connectivity index (χ1) is 30.0. The average molecular weight is 847 g/mol. The van der Waals surface area contributed by atoms with Gasteiger partial charge in [-0.1, -0.05) is 189 Å². The molecule has 346 valence electrons. The van der Waals surface area contributed by atoms with Crippen LogP contribution in [0.5, 0.6) is 0 Å². The molecule has 0 saturated heterocycles. The second-order valence-electron chi connectivity index (χ2n) is 16.0. The van der Waals surface area contributed by atoms with Gasteiger partial charge in [0.1, 0.15) is 13.2 Å². The van der Waals surface area contributed by atoms with E-state index in [0.717, 1.165) is 103 Å². The lowest BCUT2D eigenvalue weighted by Gasteiger charge is -2.18. The summed E-state index contributed by atoms with van der Waals surface area (Å²) in [7, 11) is 0. The molecule has 6 heteroatoms. The van der Waals surface area contributed by atoms with E-state index in [-0.39, 0.29) is 31.6 Å². The fraction of sp³-hybridized carbons (Fsp3) is 0.655. The summed E-state index contributed by atoms with van der Waals surface area (Å²) in [6.45, 7) is 6.36. The predicted molar refractivity (Wildman–Crippen MR) is 260 cm³/mol. The Morgan fingerprint density at radius 3 is 1.13 bits per heavy atom. The number of carbonyl (C=O) groups excluding carboxylic acids is 3. The third-order valence-corrected chi connectivity index (χ3v) is 10.1. The highest BCUT2D eigenvalue weighted by Crippen LogP contribution is 2.12. The van der Waals surface area contributed by atoms with Crippen molar-refractivity contribution in [2.45, 2.75) is 219 Å². The largest absolute Gasteiger partial charge is 0.462 e. The molecule has 0 aromatic rings. The Morgan fingerprint density at radius 2 is 0.689 bits per heavy atom. The summed E-state index contributed by atoms with van der Waals surface area (Å²) >= 11 is 0. The molecule has 0 spiro atoms.